The van der Waals surface area contributed by atoms with Gasteiger partial charge in [0.05, 0.1) is 19.2 Å². The second kappa shape index (κ2) is 8.06. The molecule has 0 atom stereocenters. The van der Waals surface area contributed by atoms with Gasteiger partial charge in [0, 0.05) is 25.4 Å². The molecular weight excluding hydrogens is 292 g/mol. The summed E-state index contributed by atoms with van der Waals surface area (Å²) >= 11 is 0. The maximum Gasteiger partial charge on any atom is 0.226 e. The number of pyridine rings is 1. The van der Waals surface area contributed by atoms with E-state index in [0.29, 0.717) is 12.5 Å². The van der Waals surface area contributed by atoms with Gasteiger partial charge in [-0.25, -0.2) is 15.0 Å². The van der Waals surface area contributed by atoms with Crippen LogP contribution < -0.4 is 9.64 Å². The summed E-state index contributed by atoms with van der Waals surface area (Å²) < 4.78 is 11.0. The molecule has 6 heteroatoms. The van der Waals surface area contributed by atoms with E-state index in [0.717, 1.165) is 54.4 Å². The number of methoxy groups -OCH3 is 1. The Morgan fingerprint density at radius 2 is 1.87 bits per heavy atom. The van der Waals surface area contributed by atoms with Crippen LogP contribution in [0.25, 0.3) is 10.9 Å². The Kier molecular flexibility index (Phi) is 6.10. The summed E-state index contributed by atoms with van der Waals surface area (Å²) in [6.45, 7) is 11.1. The number of aromatic nitrogens is 3. The van der Waals surface area contributed by atoms with E-state index in [9.17, 15) is 0 Å². The first kappa shape index (κ1) is 17.4. The molecule has 0 N–H and O–H groups in total. The number of fused-ring (bicyclic) bond motifs is 1. The van der Waals surface area contributed by atoms with Crippen molar-refractivity contribution in [3.8, 4) is 5.88 Å². The minimum absolute atomic E-state index is 0.588. The highest BCUT2D eigenvalue weighted by Crippen LogP contribution is 2.31. The number of hydrogen-bond acceptors (Lipinski definition) is 6. The van der Waals surface area contributed by atoms with E-state index in [-0.39, 0.29) is 0 Å². The van der Waals surface area contributed by atoms with Crippen LogP contribution in [0.15, 0.2) is 6.07 Å². The molecule has 1 aliphatic rings. The zero-order valence-corrected chi connectivity index (χ0v) is 14.7. The summed E-state index contributed by atoms with van der Waals surface area (Å²) in [6, 6.07) is 1.98. The molecule has 0 spiro atoms. The van der Waals surface area contributed by atoms with Crippen LogP contribution in [0, 0.1) is 13.8 Å². The summed E-state index contributed by atoms with van der Waals surface area (Å²) in [7, 11) is 1.64. The molecule has 1 saturated heterocycles. The maximum atomic E-state index is 5.53. The lowest BCUT2D eigenvalue weighted by Crippen LogP contribution is -2.27. The molecule has 0 radical (unpaired) electrons. The highest BCUT2D eigenvalue weighted by molar-refractivity contribution is 5.94. The monoisotopic (exact) mass is 318 g/mol. The van der Waals surface area contributed by atoms with Crippen LogP contribution in [0.1, 0.15) is 31.8 Å². The molecule has 2 aromatic heterocycles. The van der Waals surface area contributed by atoms with Crippen molar-refractivity contribution in [2.24, 2.45) is 0 Å². The van der Waals surface area contributed by atoms with E-state index >= 15 is 0 Å². The van der Waals surface area contributed by atoms with Crippen LogP contribution in [-0.4, -0.2) is 48.4 Å². The number of anilines is 1. The van der Waals surface area contributed by atoms with Gasteiger partial charge in [0.1, 0.15) is 17.0 Å². The number of aryl methyl sites for hydroxylation is 2. The van der Waals surface area contributed by atoms with Gasteiger partial charge in [0.2, 0.25) is 5.88 Å². The van der Waals surface area contributed by atoms with Gasteiger partial charge in [-0.15, -0.1) is 0 Å². The lowest BCUT2D eigenvalue weighted by Gasteiger charge is -2.23. The van der Waals surface area contributed by atoms with Crippen molar-refractivity contribution in [2.75, 3.05) is 38.3 Å². The molecule has 1 aliphatic heterocycles. The SMILES string of the molecule is CC.COc1nc(C)cc2nc(C)nc(N3CCCOCC3)c12. The molecule has 3 heterocycles. The third-order valence-corrected chi connectivity index (χ3v) is 3.58. The first-order chi connectivity index (χ1) is 11.2. The molecule has 126 valence electrons. The van der Waals surface area contributed by atoms with Gasteiger partial charge in [0.15, 0.2) is 0 Å². The highest BCUT2D eigenvalue weighted by atomic mass is 16.5. The topological polar surface area (TPSA) is 60.4 Å². The van der Waals surface area contributed by atoms with E-state index in [1.54, 1.807) is 7.11 Å². The predicted octanol–water partition coefficient (Wildman–Crippen LogP) is 2.90. The first-order valence-electron chi connectivity index (χ1n) is 8.21. The van der Waals surface area contributed by atoms with E-state index in [2.05, 4.69) is 19.9 Å². The molecule has 0 unspecified atom stereocenters. The average molecular weight is 318 g/mol. The average Bonchev–Trinajstić information content (AvgIpc) is 2.84. The quantitative estimate of drug-likeness (QED) is 0.848. The lowest BCUT2D eigenvalue weighted by atomic mass is 10.2. The van der Waals surface area contributed by atoms with E-state index in [1.807, 2.05) is 33.8 Å². The second-order valence-electron chi connectivity index (χ2n) is 5.21. The Hall–Kier alpha value is -1.95. The van der Waals surface area contributed by atoms with E-state index < -0.39 is 0 Å². The molecular formula is C17H26N4O2. The molecule has 23 heavy (non-hydrogen) atoms. The van der Waals surface area contributed by atoms with Crippen molar-refractivity contribution in [3.05, 3.63) is 17.6 Å². The number of rotatable bonds is 2. The van der Waals surface area contributed by atoms with Crippen LogP contribution in [0.3, 0.4) is 0 Å². The van der Waals surface area contributed by atoms with Crippen molar-refractivity contribution in [3.63, 3.8) is 0 Å². The van der Waals surface area contributed by atoms with Gasteiger partial charge in [-0.2, -0.15) is 0 Å². The molecule has 0 saturated carbocycles. The minimum atomic E-state index is 0.588. The van der Waals surface area contributed by atoms with Crippen LogP contribution >= 0.6 is 0 Å². The highest BCUT2D eigenvalue weighted by Gasteiger charge is 2.19. The standard InChI is InChI=1S/C15H20N4O2.C2H6/c1-10-9-12-13(15(16-10)20-3)14(18-11(2)17-12)19-5-4-7-21-8-6-19;1-2/h9H,4-8H2,1-3H3;1-2H3. The van der Waals surface area contributed by atoms with Crippen molar-refractivity contribution >= 4 is 16.7 Å². The summed E-state index contributed by atoms with van der Waals surface area (Å²) in [6.07, 6.45) is 0.992. The number of hydrogen-bond donors (Lipinski definition) is 0. The predicted molar refractivity (Wildman–Crippen MR) is 92.4 cm³/mol. The maximum absolute atomic E-state index is 5.53. The number of nitrogens with zero attached hydrogens (tertiary/aromatic N) is 4. The first-order valence-corrected chi connectivity index (χ1v) is 8.21. The summed E-state index contributed by atoms with van der Waals surface area (Å²) in [5.41, 5.74) is 1.77. The van der Waals surface area contributed by atoms with Gasteiger partial charge in [0.25, 0.3) is 0 Å². The van der Waals surface area contributed by atoms with Gasteiger partial charge in [-0.3, -0.25) is 0 Å². The van der Waals surface area contributed by atoms with Crippen molar-refractivity contribution in [1.29, 1.82) is 0 Å². The number of ether oxygens (including phenoxy) is 2. The molecule has 0 amide bonds. The third-order valence-electron chi connectivity index (χ3n) is 3.58. The fourth-order valence-corrected chi connectivity index (χ4v) is 2.67. The van der Waals surface area contributed by atoms with Crippen LogP contribution in [-0.2, 0) is 4.74 Å². The third kappa shape index (κ3) is 3.88. The second-order valence-corrected chi connectivity index (χ2v) is 5.21. The van der Waals surface area contributed by atoms with Gasteiger partial charge in [-0.1, -0.05) is 13.8 Å². The zero-order chi connectivity index (χ0) is 16.8. The Balaban J connectivity index is 0.000000924. The Bertz CT molecular complexity index is 647. The molecule has 2 aromatic rings. The zero-order valence-electron chi connectivity index (χ0n) is 14.7. The van der Waals surface area contributed by atoms with Gasteiger partial charge >= 0.3 is 0 Å². The molecule has 0 aliphatic carbocycles. The summed E-state index contributed by atoms with van der Waals surface area (Å²) in [4.78, 5) is 15.9. The normalized spacial score (nSPS) is 14.9. The van der Waals surface area contributed by atoms with Gasteiger partial charge in [-0.05, 0) is 26.3 Å². The Morgan fingerprint density at radius 1 is 1.09 bits per heavy atom. The van der Waals surface area contributed by atoms with Crippen molar-refractivity contribution in [1.82, 2.24) is 15.0 Å². The van der Waals surface area contributed by atoms with Gasteiger partial charge < -0.3 is 14.4 Å². The van der Waals surface area contributed by atoms with Crippen molar-refractivity contribution < 1.29 is 9.47 Å². The van der Waals surface area contributed by atoms with Crippen LogP contribution in [0.2, 0.25) is 0 Å². The molecule has 6 nitrogen and oxygen atoms in total. The van der Waals surface area contributed by atoms with Crippen LogP contribution in [0.5, 0.6) is 5.88 Å². The molecule has 3 rings (SSSR count). The largest absolute Gasteiger partial charge is 0.480 e. The Morgan fingerprint density at radius 3 is 2.61 bits per heavy atom. The smallest absolute Gasteiger partial charge is 0.226 e. The molecule has 0 bridgehead atoms. The fourth-order valence-electron chi connectivity index (χ4n) is 2.67. The summed E-state index contributed by atoms with van der Waals surface area (Å²) in [5, 5.41) is 0.885. The minimum Gasteiger partial charge on any atom is -0.480 e. The fraction of sp³-hybridized carbons (Fsp3) is 0.588. The van der Waals surface area contributed by atoms with E-state index in [1.165, 1.54) is 0 Å². The molecule has 1 fully saturated rings. The van der Waals surface area contributed by atoms with Crippen LogP contribution in [0.4, 0.5) is 5.82 Å². The summed E-state index contributed by atoms with van der Waals surface area (Å²) in [5.74, 6) is 2.24. The lowest BCUT2D eigenvalue weighted by molar-refractivity contribution is 0.152. The van der Waals surface area contributed by atoms with E-state index in [4.69, 9.17) is 9.47 Å². The Labute approximate surface area is 137 Å². The van der Waals surface area contributed by atoms with Crippen molar-refractivity contribution in [2.45, 2.75) is 34.1 Å². The molecule has 0 aromatic carbocycles.